The summed E-state index contributed by atoms with van der Waals surface area (Å²) in [6.45, 7) is 6.28. The zero-order chi connectivity index (χ0) is 16.6. The van der Waals surface area contributed by atoms with Crippen LogP contribution in [0.15, 0.2) is 30.3 Å². The first-order chi connectivity index (χ1) is 11.0. The van der Waals surface area contributed by atoms with Crippen LogP contribution in [0.4, 0.5) is 0 Å². The molecular weight excluding hydrogens is 288 g/mol. The summed E-state index contributed by atoms with van der Waals surface area (Å²) in [4.78, 5) is 17.1. The van der Waals surface area contributed by atoms with E-state index in [0.717, 1.165) is 33.5 Å². The molecule has 118 valence electrons. The molecule has 23 heavy (non-hydrogen) atoms. The third-order valence-electron chi connectivity index (χ3n) is 4.01. The quantitative estimate of drug-likeness (QED) is 0.809. The van der Waals surface area contributed by atoms with Gasteiger partial charge in [-0.2, -0.15) is 5.10 Å². The molecule has 2 heterocycles. The molecule has 1 N–H and O–H groups in total. The van der Waals surface area contributed by atoms with Crippen molar-refractivity contribution in [1.29, 1.82) is 0 Å². The molecular formula is C18H20N4O. The van der Waals surface area contributed by atoms with Gasteiger partial charge in [-0.15, -0.1) is 0 Å². The van der Waals surface area contributed by atoms with Gasteiger partial charge in [-0.1, -0.05) is 18.2 Å². The number of carbonyl (C=O) groups excluding carboxylic acids is 1. The van der Waals surface area contributed by atoms with E-state index in [2.05, 4.69) is 15.4 Å². The van der Waals surface area contributed by atoms with Gasteiger partial charge in [0.1, 0.15) is 0 Å². The Balaban J connectivity index is 1.86. The van der Waals surface area contributed by atoms with Crippen molar-refractivity contribution >= 4 is 16.8 Å². The largest absolute Gasteiger partial charge is 0.346 e. The van der Waals surface area contributed by atoms with Crippen molar-refractivity contribution in [2.24, 2.45) is 7.05 Å². The van der Waals surface area contributed by atoms with Crippen molar-refractivity contribution < 1.29 is 4.79 Å². The molecule has 1 amide bonds. The summed E-state index contributed by atoms with van der Waals surface area (Å²) in [5.41, 5.74) is 5.33. The molecule has 5 heteroatoms. The minimum absolute atomic E-state index is 0.114. The van der Waals surface area contributed by atoms with Gasteiger partial charge in [-0.05, 0) is 38.5 Å². The minimum atomic E-state index is -0.114. The number of rotatable bonds is 3. The number of fused-ring (bicyclic) bond motifs is 1. The minimum Gasteiger partial charge on any atom is -0.346 e. The number of nitrogens with one attached hydrogen (secondary N) is 1. The number of benzene rings is 1. The van der Waals surface area contributed by atoms with Gasteiger partial charge < -0.3 is 5.32 Å². The van der Waals surface area contributed by atoms with E-state index in [1.165, 1.54) is 0 Å². The van der Waals surface area contributed by atoms with Gasteiger partial charge in [-0.3, -0.25) is 14.5 Å². The molecule has 0 fully saturated rings. The second kappa shape index (κ2) is 5.83. The summed E-state index contributed by atoms with van der Waals surface area (Å²) >= 11 is 0. The molecule has 0 radical (unpaired) electrons. The number of aryl methyl sites for hydroxylation is 4. The molecule has 3 rings (SSSR count). The van der Waals surface area contributed by atoms with E-state index in [1.807, 2.05) is 58.2 Å². The molecule has 0 saturated heterocycles. The van der Waals surface area contributed by atoms with Crippen molar-refractivity contribution in [2.75, 3.05) is 0 Å². The van der Waals surface area contributed by atoms with Gasteiger partial charge in [0.15, 0.2) is 0 Å². The van der Waals surface area contributed by atoms with E-state index in [4.69, 9.17) is 0 Å². The normalized spacial score (nSPS) is 11.0. The van der Waals surface area contributed by atoms with Crippen LogP contribution >= 0.6 is 0 Å². The van der Waals surface area contributed by atoms with E-state index in [9.17, 15) is 4.79 Å². The summed E-state index contributed by atoms with van der Waals surface area (Å²) in [7, 11) is 1.88. The number of hydrogen-bond acceptors (Lipinski definition) is 3. The van der Waals surface area contributed by atoms with Crippen LogP contribution in [0, 0.1) is 20.8 Å². The Labute approximate surface area is 135 Å². The fourth-order valence-corrected chi connectivity index (χ4v) is 2.76. The fraction of sp³-hybridized carbons (Fsp3) is 0.278. The second-order valence-corrected chi connectivity index (χ2v) is 5.85. The number of aromatic nitrogens is 3. The van der Waals surface area contributed by atoms with Crippen molar-refractivity contribution in [3.05, 3.63) is 58.5 Å². The van der Waals surface area contributed by atoms with Crippen molar-refractivity contribution in [3.63, 3.8) is 0 Å². The summed E-state index contributed by atoms with van der Waals surface area (Å²) in [6.07, 6.45) is 0. The van der Waals surface area contributed by atoms with E-state index in [1.54, 1.807) is 4.68 Å². The van der Waals surface area contributed by atoms with Crippen LogP contribution < -0.4 is 5.32 Å². The van der Waals surface area contributed by atoms with Gasteiger partial charge in [0, 0.05) is 12.4 Å². The van der Waals surface area contributed by atoms with Crippen LogP contribution in [0.5, 0.6) is 0 Å². The maximum Gasteiger partial charge on any atom is 0.253 e. The highest BCUT2D eigenvalue weighted by atomic mass is 16.1. The first-order valence-electron chi connectivity index (χ1n) is 7.60. The number of pyridine rings is 1. The lowest BCUT2D eigenvalue weighted by Gasteiger charge is -2.10. The van der Waals surface area contributed by atoms with Crippen LogP contribution in [0.2, 0.25) is 0 Å². The molecule has 5 nitrogen and oxygen atoms in total. The monoisotopic (exact) mass is 308 g/mol. The fourth-order valence-electron chi connectivity index (χ4n) is 2.76. The smallest absolute Gasteiger partial charge is 0.253 e. The Kier molecular flexibility index (Phi) is 3.86. The molecule has 1 aromatic carbocycles. The Morgan fingerprint density at radius 2 is 2.00 bits per heavy atom. The molecule has 0 aliphatic heterocycles. The van der Waals surface area contributed by atoms with E-state index >= 15 is 0 Å². The average Bonchev–Trinajstić information content (AvgIpc) is 2.83. The summed E-state index contributed by atoms with van der Waals surface area (Å²) in [5.74, 6) is -0.114. The Morgan fingerprint density at radius 3 is 2.70 bits per heavy atom. The topological polar surface area (TPSA) is 59.8 Å². The predicted molar refractivity (Wildman–Crippen MR) is 90.3 cm³/mol. The highest BCUT2D eigenvalue weighted by Crippen LogP contribution is 2.19. The maximum atomic E-state index is 12.5. The Hall–Kier alpha value is -2.69. The standard InChI is InChI=1S/C18H20N4O/c1-11-6-5-7-14-9-16(13(3)20-17(11)14)18(23)19-10-15-8-12(2)21-22(15)4/h5-9H,10H2,1-4H3,(H,19,23). The lowest BCUT2D eigenvalue weighted by molar-refractivity contribution is 0.0949. The number of nitrogens with zero attached hydrogens (tertiary/aromatic N) is 3. The highest BCUT2D eigenvalue weighted by molar-refractivity contribution is 5.99. The number of hydrogen-bond donors (Lipinski definition) is 1. The second-order valence-electron chi connectivity index (χ2n) is 5.85. The molecule has 0 spiro atoms. The first kappa shape index (κ1) is 15.2. The van der Waals surface area contributed by atoms with Gasteiger partial charge in [0.05, 0.1) is 34.7 Å². The van der Waals surface area contributed by atoms with Gasteiger partial charge in [0.2, 0.25) is 0 Å². The van der Waals surface area contributed by atoms with Crippen LogP contribution in [0.1, 0.15) is 33.0 Å². The lowest BCUT2D eigenvalue weighted by Crippen LogP contribution is -2.25. The van der Waals surface area contributed by atoms with Gasteiger partial charge in [0.25, 0.3) is 5.91 Å². The average molecular weight is 308 g/mol. The van der Waals surface area contributed by atoms with Crippen LogP contribution in [0.25, 0.3) is 10.9 Å². The number of para-hydroxylation sites is 1. The van der Waals surface area contributed by atoms with Crippen LogP contribution in [-0.4, -0.2) is 20.7 Å². The molecule has 0 aliphatic carbocycles. The Morgan fingerprint density at radius 1 is 1.22 bits per heavy atom. The van der Waals surface area contributed by atoms with E-state index in [-0.39, 0.29) is 5.91 Å². The summed E-state index contributed by atoms with van der Waals surface area (Å²) in [6, 6.07) is 9.87. The van der Waals surface area contributed by atoms with Crippen LogP contribution in [0.3, 0.4) is 0 Å². The molecule has 0 saturated carbocycles. The van der Waals surface area contributed by atoms with E-state index in [0.29, 0.717) is 12.1 Å². The SMILES string of the molecule is Cc1cc(CNC(=O)c2cc3cccc(C)c3nc2C)n(C)n1. The third kappa shape index (κ3) is 2.95. The highest BCUT2D eigenvalue weighted by Gasteiger charge is 2.13. The summed E-state index contributed by atoms with van der Waals surface area (Å²) in [5, 5.41) is 8.22. The molecule has 2 aromatic heterocycles. The third-order valence-corrected chi connectivity index (χ3v) is 4.01. The first-order valence-corrected chi connectivity index (χ1v) is 7.60. The number of carbonyl (C=O) groups is 1. The molecule has 0 bridgehead atoms. The van der Waals surface area contributed by atoms with Crippen LogP contribution in [-0.2, 0) is 13.6 Å². The van der Waals surface area contributed by atoms with Crippen molar-refractivity contribution in [3.8, 4) is 0 Å². The predicted octanol–water partition coefficient (Wildman–Crippen LogP) is 2.82. The maximum absolute atomic E-state index is 12.5. The molecule has 0 aliphatic rings. The van der Waals surface area contributed by atoms with Gasteiger partial charge in [-0.25, -0.2) is 0 Å². The van der Waals surface area contributed by atoms with Crippen molar-refractivity contribution in [2.45, 2.75) is 27.3 Å². The van der Waals surface area contributed by atoms with E-state index < -0.39 is 0 Å². The van der Waals surface area contributed by atoms with Crippen molar-refractivity contribution in [1.82, 2.24) is 20.1 Å². The summed E-state index contributed by atoms with van der Waals surface area (Å²) < 4.78 is 1.78. The molecule has 0 atom stereocenters. The number of amides is 1. The zero-order valence-corrected chi connectivity index (χ0v) is 13.8. The molecule has 3 aromatic rings. The molecule has 0 unspecified atom stereocenters. The Bertz CT molecular complexity index is 895. The lowest BCUT2D eigenvalue weighted by atomic mass is 10.1. The zero-order valence-electron chi connectivity index (χ0n) is 13.8. The van der Waals surface area contributed by atoms with Gasteiger partial charge >= 0.3 is 0 Å².